The molecule has 3 saturated heterocycles. The van der Waals surface area contributed by atoms with E-state index in [1.807, 2.05) is 30.3 Å². The lowest BCUT2D eigenvalue weighted by Crippen LogP contribution is -2.70. The second-order valence-corrected chi connectivity index (χ2v) is 12.8. The lowest BCUT2D eigenvalue weighted by Gasteiger charge is -2.64. The van der Waals surface area contributed by atoms with E-state index in [-0.39, 0.29) is 42.2 Å². The second-order valence-electron chi connectivity index (χ2n) is 12.8. The van der Waals surface area contributed by atoms with E-state index < -0.39 is 35.3 Å². The number of esters is 2. The molecule has 0 bridgehead atoms. The Kier molecular flexibility index (Phi) is 7.35. The van der Waals surface area contributed by atoms with Gasteiger partial charge in [0.05, 0.1) is 12.7 Å². The van der Waals surface area contributed by atoms with E-state index in [1.165, 1.54) is 13.0 Å². The van der Waals surface area contributed by atoms with E-state index in [2.05, 4.69) is 20.8 Å². The number of fused-ring (bicyclic) bond motifs is 1. The first kappa shape index (κ1) is 27.9. The standard InChI is InChI=1S/C32H42O8/c1-18-26(39-25(34)14-11-20-9-7-6-8-10-20)28-32(4)22(30(35-5)40-28)12-13-23(37-19(2)33)27(32)31(18,3)24-17-21-15-16-36-29(21)38-24/h6-11,14,18,21-24,26-30H,12-13,15-17H2,1-5H3/b14-11-/t18-,21-,22+,23-,24+,26-,27-,28+,29+,30-,31-,32+/m1/s1. The Bertz CT molecular complexity index is 1120. The van der Waals surface area contributed by atoms with Gasteiger partial charge >= 0.3 is 11.9 Å². The Hall–Kier alpha value is -2.26. The Balaban J connectivity index is 1.39. The van der Waals surface area contributed by atoms with Gasteiger partial charge in [0.15, 0.2) is 12.6 Å². The van der Waals surface area contributed by atoms with E-state index in [1.54, 1.807) is 13.2 Å². The Morgan fingerprint density at radius 2 is 1.80 bits per heavy atom. The zero-order valence-corrected chi connectivity index (χ0v) is 24.1. The molecule has 0 aromatic heterocycles. The van der Waals surface area contributed by atoms with Gasteiger partial charge in [0.25, 0.3) is 0 Å². The van der Waals surface area contributed by atoms with E-state index in [0.717, 1.165) is 31.2 Å². The first-order chi connectivity index (χ1) is 19.2. The van der Waals surface area contributed by atoms with Gasteiger partial charge in [-0.15, -0.1) is 0 Å². The van der Waals surface area contributed by atoms with Crippen LogP contribution in [0.15, 0.2) is 36.4 Å². The zero-order chi connectivity index (χ0) is 28.2. The van der Waals surface area contributed by atoms with Crippen LogP contribution in [0.5, 0.6) is 0 Å². The van der Waals surface area contributed by atoms with E-state index >= 15 is 0 Å². The molecule has 8 heteroatoms. The molecule has 40 heavy (non-hydrogen) atoms. The summed E-state index contributed by atoms with van der Waals surface area (Å²) >= 11 is 0. The van der Waals surface area contributed by atoms with Crippen molar-refractivity contribution in [2.75, 3.05) is 13.7 Å². The van der Waals surface area contributed by atoms with Gasteiger partial charge in [-0.1, -0.05) is 51.1 Å². The van der Waals surface area contributed by atoms with Gasteiger partial charge in [0.1, 0.15) is 18.3 Å². The molecule has 0 amide bonds. The monoisotopic (exact) mass is 554 g/mol. The van der Waals surface area contributed by atoms with E-state index in [0.29, 0.717) is 12.5 Å². The van der Waals surface area contributed by atoms with Gasteiger partial charge in [-0.25, -0.2) is 4.79 Å². The van der Waals surface area contributed by atoms with Crippen molar-refractivity contribution in [3.05, 3.63) is 42.0 Å². The van der Waals surface area contributed by atoms with Crippen LogP contribution in [0, 0.1) is 34.5 Å². The highest BCUT2D eigenvalue weighted by molar-refractivity contribution is 5.87. The van der Waals surface area contributed by atoms with Crippen molar-refractivity contribution in [1.82, 2.24) is 0 Å². The zero-order valence-electron chi connectivity index (χ0n) is 24.1. The molecule has 5 fully saturated rings. The highest BCUT2D eigenvalue weighted by Crippen LogP contribution is 2.69. The Labute approximate surface area is 236 Å². The number of hydrogen-bond donors (Lipinski definition) is 0. The molecule has 2 aliphatic carbocycles. The van der Waals surface area contributed by atoms with Gasteiger partial charge in [-0.2, -0.15) is 0 Å². The van der Waals surface area contributed by atoms with Gasteiger partial charge in [0.2, 0.25) is 0 Å². The third-order valence-corrected chi connectivity index (χ3v) is 10.9. The van der Waals surface area contributed by atoms with Crippen LogP contribution in [-0.2, 0) is 38.0 Å². The van der Waals surface area contributed by atoms with Crippen LogP contribution in [0.25, 0.3) is 6.08 Å². The maximum absolute atomic E-state index is 13.3. The van der Waals surface area contributed by atoms with Crippen LogP contribution in [0.1, 0.15) is 58.9 Å². The third kappa shape index (κ3) is 4.34. The largest absolute Gasteiger partial charge is 0.462 e. The highest BCUT2D eigenvalue weighted by atomic mass is 16.7. The minimum Gasteiger partial charge on any atom is -0.462 e. The summed E-state index contributed by atoms with van der Waals surface area (Å²) in [5.74, 6) is -0.530. The van der Waals surface area contributed by atoms with Crippen molar-refractivity contribution in [1.29, 1.82) is 0 Å². The lowest BCUT2D eigenvalue weighted by atomic mass is 9.42. The summed E-state index contributed by atoms with van der Waals surface area (Å²) in [4.78, 5) is 25.7. The minimum atomic E-state index is -0.539. The molecule has 1 aromatic rings. The van der Waals surface area contributed by atoms with E-state index in [4.69, 9.17) is 28.4 Å². The maximum atomic E-state index is 13.3. The fourth-order valence-electron chi connectivity index (χ4n) is 9.06. The summed E-state index contributed by atoms with van der Waals surface area (Å²) < 4.78 is 37.5. The second kappa shape index (κ2) is 10.5. The average molecular weight is 555 g/mol. The molecule has 1 aromatic carbocycles. The highest BCUT2D eigenvalue weighted by Gasteiger charge is 2.75. The minimum absolute atomic E-state index is 0.0596. The van der Waals surface area contributed by atoms with Crippen LogP contribution in [0.3, 0.4) is 0 Å². The molecule has 0 spiro atoms. The quantitative estimate of drug-likeness (QED) is 0.368. The van der Waals surface area contributed by atoms with Gasteiger partial charge in [0, 0.05) is 54.6 Å². The molecule has 6 rings (SSSR count). The number of ether oxygens (including phenoxy) is 6. The first-order valence-corrected chi connectivity index (χ1v) is 14.7. The van der Waals surface area contributed by atoms with Crippen molar-refractivity contribution in [2.45, 2.75) is 90.4 Å². The number of hydrogen-bond acceptors (Lipinski definition) is 8. The van der Waals surface area contributed by atoms with Crippen molar-refractivity contribution in [3.63, 3.8) is 0 Å². The number of rotatable bonds is 6. The summed E-state index contributed by atoms with van der Waals surface area (Å²) in [5.41, 5.74) is -0.0410. The summed E-state index contributed by atoms with van der Waals surface area (Å²) in [5, 5.41) is 0. The molecule has 3 aliphatic heterocycles. The first-order valence-electron chi connectivity index (χ1n) is 14.7. The SMILES string of the molecule is CO[C@@H]1O[C@H]2[C@H](OC(=O)/C=C\c3ccccc3)[C@@H](C)[C@](C)([C@@H]3C[C@H]4CCO[C@H]4O3)[C@H]3[C@H](OC(C)=O)CC[C@@H]1[C@@]32C. The molecule has 5 aliphatic rings. The fourth-order valence-corrected chi connectivity index (χ4v) is 9.06. The summed E-state index contributed by atoms with van der Waals surface area (Å²) in [6, 6.07) is 9.69. The molecule has 0 N–H and O–H groups in total. The fraction of sp³-hybridized carbons (Fsp3) is 0.688. The summed E-state index contributed by atoms with van der Waals surface area (Å²) in [6.45, 7) is 8.79. The average Bonchev–Trinajstić information content (AvgIpc) is 3.62. The molecular weight excluding hydrogens is 512 g/mol. The van der Waals surface area contributed by atoms with Gasteiger partial charge < -0.3 is 28.4 Å². The van der Waals surface area contributed by atoms with Crippen molar-refractivity contribution in [3.8, 4) is 0 Å². The lowest BCUT2D eigenvalue weighted by molar-refractivity contribution is -0.268. The van der Waals surface area contributed by atoms with E-state index in [9.17, 15) is 9.59 Å². The Morgan fingerprint density at radius 1 is 1.02 bits per heavy atom. The number of carbonyl (C=O) groups excluding carboxylic acids is 2. The molecule has 3 heterocycles. The summed E-state index contributed by atoms with van der Waals surface area (Å²) in [6.07, 6.45) is 4.57. The number of carbonyl (C=O) groups is 2. The third-order valence-electron chi connectivity index (χ3n) is 10.9. The summed E-state index contributed by atoms with van der Waals surface area (Å²) in [7, 11) is 1.67. The molecule has 8 nitrogen and oxygen atoms in total. The molecule has 218 valence electrons. The molecule has 12 atom stereocenters. The van der Waals surface area contributed by atoms with Crippen molar-refractivity contribution < 1.29 is 38.0 Å². The van der Waals surface area contributed by atoms with Crippen molar-refractivity contribution >= 4 is 18.0 Å². The van der Waals surface area contributed by atoms with Crippen LogP contribution in [-0.4, -0.2) is 62.7 Å². The molecule has 0 radical (unpaired) electrons. The number of methoxy groups -OCH3 is 1. The maximum Gasteiger partial charge on any atom is 0.331 e. The van der Waals surface area contributed by atoms with Crippen LogP contribution < -0.4 is 0 Å². The van der Waals surface area contributed by atoms with Crippen LogP contribution in [0.4, 0.5) is 0 Å². The van der Waals surface area contributed by atoms with Crippen molar-refractivity contribution in [2.24, 2.45) is 34.5 Å². The molecule has 0 unspecified atom stereocenters. The number of benzene rings is 1. The Morgan fingerprint density at radius 3 is 2.50 bits per heavy atom. The molecule has 2 saturated carbocycles. The van der Waals surface area contributed by atoms with Gasteiger partial charge in [-0.05, 0) is 37.3 Å². The van der Waals surface area contributed by atoms with Gasteiger partial charge in [-0.3, -0.25) is 4.79 Å². The van der Waals surface area contributed by atoms with Crippen LogP contribution >= 0.6 is 0 Å². The topological polar surface area (TPSA) is 89.5 Å². The van der Waals surface area contributed by atoms with Crippen LogP contribution in [0.2, 0.25) is 0 Å². The predicted octanol–water partition coefficient (Wildman–Crippen LogP) is 4.75. The smallest absolute Gasteiger partial charge is 0.331 e. The predicted molar refractivity (Wildman–Crippen MR) is 146 cm³/mol. The molecular formula is C32H42O8. The normalized spacial score (nSPS) is 45.7.